The molecule has 1 N–H and O–H groups in total. The van der Waals surface area contributed by atoms with Gasteiger partial charge in [-0.05, 0) is 6.32 Å². The van der Waals surface area contributed by atoms with E-state index in [-0.39, 0.29) is 63.9 Å². The van der Waals surface area contributed by atoms with E-state index in [9.17, 15) is 9.59 Å². The predicted octanol–water partition coefficient (Wildman–Crippen LogP) is 0.355. The molecule has 77 valence electrons. The summed E-state index contributed by atoms with van der Waals surface area (Å²) >= 11 is 0. The fourth-order valence-corrected chi connectivity index (χ4v) is 0.759. The molecule has 0 aliphatic carbocycles. The van der Waals surface area contributed by atoms with Gasteiger partial charge in [0.1, 0.15) is 13.8 Å². The predicted molar refractivity (Wildman–Crippen MR) is 52.4 cm³/mol. The summed E-state index contributed by atoms with van der Waals surface area (Å²) in [5, 5.41) is 8.40. The number of hydrogen-bond donors (Lipinski definition) is 1. The maximum absolute atomic E-state index is 11.1. The number of carboxylic acid groups (broad SMARTS) is 1. The summed E-state index contributed by atoms with van der Waals surface area (Å²) in [6, 6.07) is 0. The number of rotatable bonds is 5. The number of hydrogen-bond acceptors (Lipinski definition) is 2. The number of carbonyl (C=O) groups excluding carboxylic acids is 1. The van der Waals surface area contributed by atoms with Gasteiger partial charge < -0.3 is 24.4 Å². The second-order valence-electron chi connectivity index (χ2n) is 2.32. The van der Waals surface area contributed by atoms with Gasteiger partial charge in [-0.15, -0.1) is 6.54 Å². The van der Waals surface area contributed by atoms with E-state index >= 15 is 0 Å². The van der Waals surface area contributed by atoms with Gasteiger partial charge in [-0.25, -0.2) is 0 Å². The Bertz CT molecular complexity index is 178. The van der Waals surface area contributed by atoms with Crippen molar-refractivity contribution in [1.82, 2.24) is 4.90 Å². The number of nitrogens with zero attached hydrogens (tertiary/aromatic N) is 1. The van der Waals surface area contributed by atoms with Crippen molar-refractivity contribution in [2.24, 2.45) is 0 Å². The van der Waals surface area contributed by atoms with E-state index in [0.717, 1.165) is 0 Å². The van der Waals surface area contributed by atoms with E-state index in [1.54, 1.807) is 14.1 Å². The smallest absolute Gasteiger partial charge is 0.480 e. The monoisotopic (exact) mass is 422 g/mol. The van der Waals surface area contributed by atoms with E-state index in [1.807, 2.05) is 0 Å². The molecule has 4 nitrogen and oxygen atoms in total. The molecule has 0 rings (SSSR count). The van der Waals surface area contributed by atoms with Crippen LogP contribution < -0.4 is 0 Å². The van der Waals surface area contributed by atoms with Gasteiger partial charge in [0.2, 0.25) is 5.91 Å². The van der Waals surface area contributed by atoms with E-state index in [4.69, 9.17) is 5.11 Å². The number of aliphatic carboxylic acids is 1. The van der Waals surface area contributed by atoms with Crippen molar-refractivity contribution in [3.8, 4) is 0 Å². The molecule has 1 amide bonds. The molecule has 0 aromatic heterocycles. The standard InChI is InChI=1S/C7H12BNO3.CH3.U/c1-3-9(5-7(11)12)6(10)4-8-2;;/h1,3-5H2,2H3,(H,11,12);1H3;/q2*-1;+2. The summed E-state index contributed by atoms with van der Waals surface area (Å²) in [4.78, 5) is 22.5. The minimum absolute atomic E-state index is 0. The summed E-state index contributed by atoms with van der Waals surface area (Å²) in [7, 11) is 1.69. The quantitative estimate of drug-likeness (QED) is 0.515. The van der Waals surface area contributed by atoms with Crippen molar-refractivity contribution in [2.45, 2.75) is 13.1 Å². The van der Waals surface area contributed by atoms with Gasteiger partial charge in [0.25, 0.3) is 0 Å². The molecule has 0 spiro atoms. The SMILES string of the molecule is [CH2-]CN(CC(=O)O)C(=O)C[B]C.[CH3-].[U+2]. The van der Waals surface area contributed by atoms with Crippen molar-refractivity contribution in [3.63, 3.8) is 0 Å². The van der Waals surface area contributed by atoms with Gasteiger partial charge in [0.05, 0.1) is 0 Å². The molecule has 14 heavy (non-hydrogen) atoms. The van der Waals surface area contributed by atoms with Gasteiger partial charge >= 0.3 is 37.1 Å². The van der Waals surface area contributed by atoms with Crippen LogP contribution in [0.15, 0.2) is 0 Å². The van der Waals surface area contributed by atoms with Crippen LogP contribution >= 0.6 is 0 Å². The van der Waals surface area contributed by atoms with Crippen LogP contribution in [0.5, 0.6) is 0 Å². The normalized spacial score (nSPS) is 7.86. The molecule has 0 heterocycles. The number of amides is 1. The molecule has 1 radical (unpaired) electrons. The minimum Gasteiger partial charge on any atom is -0.480 e. The van der Waals surface area contributed by atoms with Crippen molar-refractivity contribution < 1.29 is 45.8 Å². The molecule has 0 unspecified atom stereocenters. The van der Waals surface area contributed by atoms with Crippen LogP contribution in [-0.2, 0) is 9.59 Å². The van der Waals surface area contributed by atoms with Crippen LogP contribution in [0.3, 0.4) is 0 Å². The molecule has 0 saturated heterocycles. The maximum atomic E-state index is 11.1. The van der Waals surface area contributed by atoms with Crippen LogP contribution in [0, 0.1) is 45.5 Å². The summed E-state index contributed by atoms with van der Waals surface area (Å²) in [6.07, 6.45) is 0.267. The fraction of sp³-hybridized carbons (Fsp3) is 0.500. The van der Waals surface area contributed by atoms with E-state index in [0.29, 0.717) is 0 Å². The second-order valence-corrected chi connectivity index (χ2v) is 2.32. The Morgan fingerprint density at radius 2 is 2.00 bits per heavy atom. The van der Waals surface area contributed by atoms with Crippen LogP contribution in [-0.4, -0.2) is 42.3 Å². The second kappa shape index (κ2) is 11.1. The van der Waals surface area contributed by atoms with Crippen LogP contribution in [0.4, 0.5) is 0 Å². The molecule has 0 saturated carbocycles. The molecule has 6 heteroatoms. The van der Waals surface area contributed by atoms with Crippen LogP contribution in [0.1, 0.15) is 0 Å². The molecule has 0 aliphatic heterocycles. The van der Waals surface area contributed by atoms with Gasteiger partial charge in [0.15, 0.2) is 0 Å². The molecule has 0 atom stereocenters. The Morgan fingerprint density at radius 1 is 1.50 bits per heavy atom. The number of carbonyl (C=O) groups is 2. The first-order valence-electron chi connectivity index (χ1n) is 3.68. The average molecular weight is 422 g/mol. The summed E-state index contributed by atoms with van der Waals surface area (Å²) in [5.41, 5.74) is 0. The molecule has 0 aromatic carbocycles. The molecule has 0 aliphatic rings. The van der Waals surface area contributed by atoms with Crippen molar-refractivity contribution in [2.75, 3.05) is 13.1 Å². The topological polar surface area (TPSA) is 57.6 Å². The minimum atomic E-state index is -1.01. The average Bonchev–Trinajstić information content (AvgIpc) is 2.00. The molecule has 0 bridgehead atoms. The Labute approximate surface area is 110 Å². The third-order valence-electron chi connectivity index (χ3n) is 1.33. The van der Waals surface area contributed by atoms with Crippen LogP contribution in [0.2, 0.25) is 13.1 Å². The first kappa shape index (κ1) is 19.6. The summed E-state index contributed by atoms with van der Waals surface area (Å²) in [6.45, 7) is 5.15. The van der Waals surface area contributed by atoms with Crippen molar-refractivity contribution >= 4 is 19.2 Å². The first-order valence-corrected chi connectivity index (χ1v) is 3.68. The third kappa shape index (κ3) is 8.65. The molecular formula is C8H15BNO3U. The van der Waals surface area contributed by atoms with E-state index in [2.05, 4.69) is 6.92 Å². The molecule has 0 aromatic rings. The van der Waals surface area contributed by atoms with Gasteiger partial charge in [-0.2, -0.15) is 0 Å². The van der Waals surface area contributed by atoms with E-state index < -0.39 is 5.97 Å². The zero-order valence-corrected chi connectivity index (χ0v) is 12.8. The third-order valence-corrected chi connectivity index (χ3v) is 1.33. The largest absolute Gasteiger partial charge is 2.00 e. The van der Waals surface area contributed by atoms with Crippen LogP contribution in [0.25, 0.3) is 0 Å². The van der Waals surface area contributed by atoms with Gasteiger partial charge in [-0.3, -0.25) is 9.59 Å². The Hall–Kier alpha value is 0.0569. The zero-order chi connectivity index (χ0) is 9.56. The molecule has 0 fully saturated rings. The zero-order valence-electron chi connectivity index (χ0n) is 8.62. The van der Waals surface area contributed by atoms with Gasteiger partial charge in [-0.1, -0.05) is 6.82 Å². The number of carboxylic acids is 1. The summed E-state index contributed by atoms with van der Waals surface area (Å²) < 4.78 is 0. The maximum Gasteiger partial charge on any atom is 2.00 e. The fourth-order valence-electron chi connectivity index (χ4n) is 0.759. The Kier molecular flexibility index (Phi) is 15.6. The van der Waals surface area contributed by atoms with Gasteiger partial charge in [0, 0.05) is 0 Å². The summed E-state index contributed by atoms with van der Waals surface area (Å²) in [5.74, 6) is -1.21. The first-order chi connectivity index (χ1) is 5.61. The molecular weight excluding hydrogens is 407 g/mol. The Morgan fingerprint density at radius 3 is 2.29 bits per heavy atom. The van der Waals surface area contributed by atoms with Crippen molar-refractivity contribution in [3.05, 3.63) is 14.4 Å². The van der Waals surface area contributed by atoms with Crippen molar-refractivity contribution in [1.29, 1.82) is 0 Å². The van der Waals surface area contributed by atoms with E-state index in [1.165, 1.54) is 4.90 Å². The Balaban J connectivity index is -0.000000605.